The monoisotopic (exact) mass is 331 g/mol. The van der Waals surface area contributed by atoms with E-state index in [9.17, 15) is 14.9 Å². The lowest BCUT2D eigenvalue weighted by molar-refractivity contribution is -0.384. The van der Waals surface area contributed by atoms with Crippen molar-refractivity contribution in [1.82, 2.24) is 5.32 Å². The molecule has 0 radical (unpaired) electrons. The predicted molar refractivity (Wildman–Crippen MR) is 89.6 cm³/mol. The molecule has 0 aliphatic heterocycles. The number of aryl methyl sites for hydroxylation is 1. The van der Waals surface area contributed by atoms with E-state index in [4.69, 9.17) is 5.73 Å². The second-order valence-corrected chi connectivity index (χ2v) is 6.70. The molecule has 3 N–H and O–H groups in total. The van der Waals surface area contributed by atoms with Crippen LogP contribution in [0.1, 0.15) is 39.2 Å². The van der Waals surface area contributed by atoms with Gasteiger partial charge in [-0.05, 0) is 36.8 Å². The smallest absolute Gasteiger partial charge is 0.269 e. The van der Waals surface area contributed by atoms with Crippen LogP contribution in [0.15, 0.2) is 24.3 Å². The maximum absolute atomic E-state index is 12.5. The number of amides is 1. The number of nitrogens with one attached hydrogen (secondary N) is 1. The van der Waals surface area contributed by atoms with Gasteiger partial charge >= 0.3 is 0 Å². The second-order valence-electron chi connectivity index (χ2n) is 5.56. The molecule has 0 bridgehead atoms. The number of nitrogen functional groups attached to an aromatic ring is 1. The molecule has 1 aromatic heterocycles. The van der Waals surface area contributed by atoms with Crippen molar-refractivity contribution < 1.29 is 9.72 Å². The van der Waals surface area contributed by atoms with Crippen LogP contribution in [0.2, 0.25) is 0 Å². The fraction of sp³-hybridized carbons (Fsp3) is 0.312. The van der Waals surface area contributed by atoms with Crippen molar-refractivity contribution in [2.24, 2.45) is 0 Å². The highest BCUT2D eigenvalue weighted by Crippen LogP contribution is 2.36. The van der Waals surface area contributed by atoms with Gasteiger partial charge in [0.25, 0.3) is 11.6 Å². The summed E-state index contributed by atoms with van der Waals surface area (Å²) in [4.78, 5) is 24.0. The molecule has 0 saturated carbocycles. The van der Waals surface area contributed by atoms with Crippen LogP contribution in [0.4, 0.5) is 10.7 Å². The Morgan fingerprint density at radius 3 is 2.91 bits per heavy atom. The zero-order chi connectivity index (χ0) is 16.4. The number of benzene rings is 1. The van der Waals surface area contributed by atoms with Crippen LogP contribution in [-0.4, -0.2) is 10.8 Å². The molecule has 7 heteroatoms. The summed E-state index contributed by atoms with van der Waals surface area (Å²) >= 11 is 1.50. The van der Waals surface area contributed by atoms with E-state index < -0.39 is 4.92 Å². The number of hydrogen-bond donors (Lipinski definition) is 2. The van der Waals surface area contributed by atoms with Gasteiger partial charge < -0.3 is 11.1 Å². The lowest BCUT2D eigenvalue weighted by Crippen LogP contribution is -2.24. The van der Waals surface area contributed by atoms with E-state index in [0.29, 0.717) is 16.1 Å². The zero-order valence-corrected chi connectivity index (χ0v) is 13.3. The van der Waals surface area contributed by atoms with Crippen LogP contribution in [0, 0.1) is 10.1 Å². The molecule has 3 rings (SSSR count). The lowest BCUT2D eigenvalue weighted by atomic mass is 9.95. The van der Waals surface area contributed by atoms with Gasteiger partial charge in [-0.25, -0.2) is 0 Å². The number of non-ortho nitro benzene ring substituents is 1. The summed E-state index contributed by atoms with van der Waals surface area (Å²) in [6.07, 6.45) is 4.10. The van der Waals surface area contributed by atoms with E-state index in [1.807, 2.05) is 0 Å². The number of fused-ring (bicyclic) bond motifs is 1. The molecule has 23 heavy (non-hydrogen) atoms. The van der Waals surface area contributed by atoms with Gasteiger partial charge in [0.15, 0.2) is 0 Å². The number of thiophene rings is 1. The Bertz CT molecular complexity index is 770. The maximum Gasteiger partial charge on any atom is 0.269 e. The minimum Gasteiger partial charge on any atom is -0.390 e. The number of nitrogens with two attached hydrogens (primary N) is 1. The third-order valence-corrected chi connectivity index (χ3v) is 5.12. The van der Waals surface area contributed by atoms with Gasteiger partial charge in [-0.1, -0.05) is 12.1 Å². The first kappa shape index (κ1) is 15.5. The van der Waals surface area contributed by atoms with Gasteiger partial charge in [0, 0.05) is 23.6 Å². The van der Waals surface area contributed by atoms with E-state index in [1.54, 1.807) is 12.1 Å². The van der Waals surface area contributed by atoms with Gasteiger partial charge in [-0.15, -0.1) is 11.3 Å². The van der Waals surface area contributed by atoms with E-state index in [0.717, 1.165) is 31.2 Å². The Kier molecular flexibility index (Phi) is 4.29. The quantitative estimate of drug-likeness (QED) is 0.664. The number of nitrogens with zero attached hydrogens (tertiary/aromatic N) is 1. The Morgan fingerprint density at radius 1 is 1.35 bits per heavy atom. The maximum atomic E-state index is 12.5. The summed E-state index contributed by atoms with van der Waals surface area (Å²) in [7, 11) is 0. The SMILES string of the molecule is Nc1sc2c(c1C(=O)NCc1cccc([N+](=O)[O-])c1)CCCC2. The molecule has 120 valence electrons. The van der Waals surface area contributed by atoms with Crippen molar-refractivity contribution in [3.8, 4) is 0 Å². The lowest BCUT2D eigenvalue weighted by Gasteiger charge is -2.12. The van der Waals surface area contributed by atoms with E-state index >= 15 is 0 Å². The predicted octanol–water partition coefficient (Wildman–Crippen LogP) is 3.05. The fourth-order valence-corrected chi connectivity index (χ4v) is 4.04. The fourth-order valence-electron chi connectivity index (χ4n) is 2.89. The molecular weight excluding hydrogens is 314 g/mol. The van der Waals surface area contributed by atoms with Crippen LogP contribution in [0.3, 0.4) is 0 Å². The number of nitro benzene ring substituents is 1. The molecular formula is C16H17N3O3S. The van der Waals surface area contributed by atoms with Crippen LogP contribution >= 0.6 is 11.3 Å². The number of carbonyl (C=O) groups excluding carboxylic acids is 1. The van der Waals surface area contributed by atoms with Crippen molar-refractivity contribution in [3.05, 3.63) is 55.9 Å². The molecule has 2 aromatic rings. The Hall–Kier alpha value is -2.41. The Labute approximate surface area is 137 Å². The molecule has 0 unspecified atom stereocenters. The van der Waals surface area contributed by atoms with Crippen LogP contribution in [0.25, 0.3) is 0 Å². The summed E-state index contributed by atoms with van der Waals surface area (Å²) in [5.41, 5.74) is 8.40. The molecule has 0 spiro atoms. The van der Waals surface area contributed by atoms with Crippen LogP contribution < -0.4 is 11.1 Å². The van der Waals surface area contributed by atoms with Gasteiger partial charge in [0.05, 0.1) is 15.5 Å². The van der Waals surface area contributed by atoms with Gasteiger partial charge in [0.1, 0.15) is 0 Å². The first-order valence-corrected chi connectivity index (χ1v) is 8.29. The third-order valence-electron chi connectivity index (χ3n) is 4.00. The van der Waals surface area contributed by atoms with Crippen LogP contribution in [0.5, 0.6) is 0 Å². The highest BCUT2D eigenvalue weighted by molar-refractivity contribution is 7.16. The standard InChI is InChI=1S/C16H17N3O3S/c17-15-14(12-6-1-2-7-13(12)23-15)16(20)18-9-10-4-3-5-11(8-10)19(21)22/h3-5,8H,1-2,6-7,9,17H2,(H,18,20). The zero-order valence-electron chi connectivity index (χ0n) is 12.5. The first-order valence-electron chi connectivity index (χ1n) is 7.48. The number of rotatable bonds is 4. The largest absolute Gasteiger partial charge is 0.390 e. The van der Waals surface area contributed by atoms with Crippen molar-refractivity contribution in [1.29, 1.82) is 0 Å². The highest BCUT2D eigenvalue weighted by Gasteiger charge is 2.23. The summed E-state index contributed by atoms with van der Waals surface area (Å²) in [6, 6.07) is 6.26. The van der Waals surface area contributed by atoms with Crippen molar-refractivity contribution in [2.45, 2.75) is 32.2 Å². The average Bonchev–Trinajstić information content (AvgIpc) is 2.88. The minimum atomic E-state index is -0.446. The molecule has 0 fully saturated rings. The molecule has 1 aliphatic carbocycles. The summed E-state index contributed by atoms with van der Waals surface area (Å²) in [5, 5.41) is 14.2. The first-order chi connectivity index (χ1) is 11.1. The molecule has 6 nitrogen and oxygen atoms in total. The Balaban J connectivity index is 1.74. The number of hydrogen-bond acceptors (Lipinski definition) is 5. The van der Waals surface area contributed by atoms with Gasteiger partial charge in [-0.2, -0.15) is 0 Å². The number of nitro groups is 1. The third kappa shape index (κ3) is 3.19. The molecule has 0 atom stereocenters. The number of anilines is 1. The molecule has 1 heterocycles. The minimum absolute atomic E-state index is 0.0178. The highest BCUT2D eigenvalue weighted by atomic mass is 32.1. The van der Waals surface area contributed by atoms with E-state index in [-0.39, 0.29) is 18.1 Å². The molecule has 0 saturated heterocycles. The van der Waals surface area contributed by atoms with Gasteiger partial charge in [-0.3, -0.25) is 14.9 Å². The topological polar surface area (TPSA) is 98.3 Å². The summed E-state index contributed by atoms with van der Waals surface area (Å²) < 4.78 is 0. The molecule has 1 aliphatic rings. The Morgan fingerprint density at radius 2 is 2.13 bits per heavy atom. The van der Waals surface area contributed by atoms with Crippen molar-refractivity contribution in [3.63, 3.8) is 0 Å². The molecule has 1 amide bonds. The van der Waals surface area contributed by atoms with Crippen molar-refractivity contribution >= 4 is 27.9 Å². The summed E-state index contributed by atoms with van der Waals surface area (Å²) in [6.45, 7) is 0.241. The normalized spacial score (nSPS) is 13.4. The average molecular weight is 331 g/mol. The number of carbonyl (C=O) groups is 1. The summed E-state index contributed by atoms with van der Waals surface area (Å²) in [5.74, 6) is -0.201. The van der Waals surface area contributed by atoms with E-state index in [2.05, 4.69) is 5.32 Å². The molecule has 1 aromatic carbocycles. The van der Waals surface area contributed by atoms with Gasteiger partial charge in [0.2, 0.25) is 0 Å². The van der Waals surface area contributed by atoms with E-state index in [1.165, 1.54) is 28.3 Å². The van der Waals surface area contributed by atoms with Crippen molar-refractivity contribution in [2.75, 3.05) is 5.73 Å². The second kappa shape index (κ2) is 6.37. The van der Waals surface area contributed by atoms with Crippen LogP contribution in [-0.2, 0) is 19.4 Å².